The Morgan fingerprint density at radius 3 is 1.96 bits per heavy atom. The van der Waals surface area contributed by atoms with Crippen LogP contribution in [-0.2, 0) is 17.6 Å². The van der Waals surface area contributed by atoms with E-state index in [9.17, 15) is 4.79 Å². The summed E-state index contributed by atoms with van der Waals surface area (Å²) in [5.41, 5.74) is 2.18. The van der Waals surface area contributed by atoms with Crippen molar-refractivity contribution >= 4 is 5.91 Å². The van der Waals surface area contributed by atoms with Crippen molar-refractivity contribution in [3.63, 3.8) is 0 Å². The molecule has 0 aliphatic rings. The number of ether oxygens (including phenoxy) is 3. The fourth-order valence-electron chi connectivity index (χ4n) is 2.50. The molecular weight excluding hydrogens is 318 g/mol. The molecule has 0 saturated carbocycles. The third-order valence-electron chi connectivity index (χ3n) is 3.95. The maximum absolute atomic E-state index is 12.0. The van der Waals surface area contributed by atoms with E-state index in [1.54, 1.807) is 21.3 Å². The third kappa shape index (κ3) is 6.03. The van der Waals surface area contributed by atoms with E-state index >= 15 is 0 Å². The molecule has 0 spiro atoms. The quantitative estimate of drug-likeness (QED) is 0.760. The summed E-state index contributed by atoms with van der Waals surface area (Å²) >= 11 is 0. The number of rotatable bonds is 9. The van der Waals surface area contributed by atoms with Gasteiger partial charge in [-0.1, -0.05) is 12.1 Å². The monoisotopic (exact) mass is 343 g/mol. The van der Waals surface area contributed by atoms with Gasteiger partial charge in [-0.05, 0) is 48.2 Å². The Hall–Kier alpha value is -2.69. The molecule has 2 aromatic carbocycles. The van der Waals surface area contributed by atoms with Crippen molar-refractivity contribution in [2.45, 2.75) is 19.3 Å². The van der Waals surface area contributed by atoms with Crippen LogP contribution in [-0.4, -0.2) is 33.8 Å². The summed E-state index contributed by atoms with van der Waals surface area (Å²) < 4.78 is 15.6. The molecule has 0 saturated heterocycles. The summed E-state index contributed by atoms with van der Waals surface area (Å²) in [6, 6.07) is 13.5. The van der Waals surface area contributed by atoms with Gasteiger partial charge in [-0.15, -0.1) is 0 Å². The van der Waals surface area contributed by atoms with Crippen LogP contribution in [0.15, 0.2) is 42.5 Å². The lowest BCUT2D eigenvalue weighted by atomic mass is 10.1. The molecule has 0 heterocycles. The van der Waals surface area contributed by atoms with Gasteiger partial charge >= 0.3 is 0 Å². The van der Waals surface area contributed by atoms with E-state index in [0.717, 1.165) is 29.2 Å². The number of carbonyl (C=O) groups is 1. The molecule has 1 amide bonds. The number of amides is 1. The molecule has 1 N–H and O–H groups in total. The van der Waals surface area contributed by atoms with Crippen LogP contribution < -0.4 is 19.5 Å². The van der Waals surface area contributed by atoms with Crippen LogP contribution in [0.25, 0.3) is 0 Å². The van der Waals surface area contributed by atoms with E-state index < -0.39 is 0 Å². The number of carbonyl (C=O) groups excluding carboxylic acids is 1. The average molecular weight is 343 g/mol. The predicted molar refractivity (Wildman–Crippen MR) is 97.6 cm³/mol. The first kappa shape index (κ1) is 18.6. The fraction of sp³-hybridized carbons (Fsp3) is 0.350. The van der Waals surface area contributed by atoms with E-state index in [1.807, 2.05) is 42.5 Å². The lowest BCUT2D eigenvalue weighted by molar-refractivity contribution is -0.121. The van der Waals surface area contributed by atoms with Crippen LogP contribution in [0, 0.1) is 0 Å². The number of benzene rings is 2. The first-order valence-corrected chi connectivity index (χ1v) is 8.26. The van der Waals surface area contributed by atoms with Crippen molar-refractivity contribution in [2.24, 2.45) is 0 Å². The molecule has 0 fully saturated rings. The van der Waals surface area contributed by atoms with Crippen LogP contribution in [0.5, 0.6) is 17.2 Å². The maximum Gasteiger partial charge on any atom is 0.220 e. The molecule has 2 aromatic rings. The van der Waals surface area contributed by atoms with Crippen molar-refractivity contribution < 1.29 is 19.0 Å². The largest absolute Gasteiger partial charge is 0.497 e. The highest BCUT2D eigenvalue weighted by Crippen LogP contribution is 2.23. The van der Waals surface area contributed by atoms with Crippen molar-refractivity contribution in [1.29, 1.82) is 0 Å². The molecule has 0 aromatic heterocycles. The van der Waals surface area contributed by atoms with Gasteiger partial charge in [0.25, 0.3) is 0 Å². The van der Waals surface area contributed by atoms with Gasteiger partial charge in [-0.25, -0.2) is 0 Å². The Bertz CT molecular complexity index is 660. The minimum absolute atomic E-state index is 0.0373. The molecule has 0 aliphatic heterocycles. The zero-order chi connectivity index (χ0) is 18.1. The summed E-state index contributed by atoms with van der Waals surface area (Å²) in [7, 11) is 4.88. The summed E-state index contributed by atoms with van der Waals surface area (Å²) in [5.74, 6) is 2.33. The minimum Gasteiger partial charge on any atom is -0.497 e. The van der Waals surface area contributed by atoms with Gasteiger partial charge in [0.1, 0.15) is 17.2 Å². The SMILES string of the molecule is COc1ccc(CCNC(=O)CCc2cc(OC)cc(OC)c2)cc1. The lowest BCUT2D eigenvalue weighted by Gasteiger charge is -2.09. The van der Waals surface area contributed by atoms with E-state index in [1.165, 1.54) is 5.56 Å². The number of aryl methyl sites for hydroxylation is 1. The van der Waals surface area contributed by atoms with Gasteiger partial charge in [0.05, 0.1) is 21.3 Å². The number of hydrogen-bond acceptors (Lipinski definition) is 4. The summed E-state index contributed by atoms with van der Waals surface area (Å²) in [4.78, 5) is 12.0. The Balaban J connectivity index is 1.76. The number of nitrogens with one attached hydrogen (secondary N) is 1. The molecule has 5 heteroatoms. The highest BCUT2D eigenvalue weighted by Gasteiger charge is 2.06. The zero-order valence-corrected chi connectivity index (χ0v) is 15.0. The second-order valence-corrected chi connectivity index (χ2v) is 5.67. The van der Waals surface area contributed by atoms with Crippen LogP contribution in [0.4, 0.5) is 0 Å². The second kappa shape index (κ2) is 9.57. The highest BCUT2D eigenvalue weighted by molar-refractivity contribution is 5.76. The van der Waals surface area contributed by atoms with Gasteiger partial charge in [0.15, 0.2) is 0 Å². The summed E-state index contributed by atoms with van der Waals surface area (Å²) in [6.45, 7) is 0.618. The molecular formula is C20H25NO4. The molecule has 0 radical (unpaired) electrons. The minimum atomic E-state index is 0.0373. The van der Waals surface area contributed by atoms with Gasteiger partial charge < -0.3 is 19.5 Å². The first-order valence-electron chi connectivity index (χ1n) is 8.26. The van der Waals surface area contributed by atoms with Crippen molar-refractivity contribution in [3.05, 3.63) is 53.6 Å². The summed E-state index contributed by atoms with van der Waals surface area (Å²) in [6.07, 6.45) is 1.86. The standard InChI is InChI=1S/C20H25NO4/c1-23-17-7-4-15(5-8-17)10-11-21-20(22)9-6-16-12-18(24-2)14-19(13-16)25-3/h4-5,7-8,12-14H,6,9-11H2,1-3H3,(H,21,22). The third-order valence-corrected chi connectivity index (χ3v) is 3.95. The zero-order valence-electron chi connectivity index (χ0n) is 15.0. The molecule has 5 nitrogen and oxygen atoms in total. The van der Waals surface area contributed by atoms with Crippen molar-refractivity contribution in [1.82, 2.24) is 5.32 Å². The second-order valence-electron chi connectivity index (χ2n) is 5.67. The Kier molecular flexibility index (Phi) is 7.14. The van der Waals surface area contributed by atoms with Crippen molar-refractivity contribution in [3.8, 4) is 17.2 Å². The molecule has 2 rings (SSSR count). The molecule has 0 bridgehead atoms. The number of methoxy groups -OCH3 is 3. The Labute approximate surface area is 148 Å². The first-order chi connectivity index (χ1) is 12.1. The molecule has 0 unspecified atom stereocenters. The molecule has 0 aliphatic carbocycles. The average Bonchev–Trinajstić information content (AvgIpc) is 2.66. The van der Waals surface area contributed by atoms with Gasteiger partial charge in [0, 0.05) is 19.0 Å². The molecule has 25 heavy (non-hydrogen) atoms. The van der Waals surface area contributed by atoms with Gasteiger partial charge in [-0.2, -0.15) is 0 Å². The van der Waals surface area contributed by atoms with Crippen LogP contribution in [0.1, 0.15) is 17.5 Å². The van der Waals surface area contributed by atoms with Crippen LogP contribution in [0.2, 0.25) is 0 Å². The lowest BCUT2D eigenvalue weighted by Crippen LogP contribution is -2.25. The van der Waals surface area contributed by atoms with E-state index in [-0.39, 0.29) is 5.91 Å². The summed E-state index contributed by atoms with van der Waals surface area (Å²) in [5, 5.41) is 2.95. The van der Waals surface area contributed by atoms with E-state index in [2.05, 4.69) is 5.32 Å². The Morgan fingerprint density at radius 1 is 0.800 bits per heavy atom. The van der Waals surface area contributed by atoms with E-state index in [0.29, 0.717) is 19.4 Å². The topological polar surface area (TPSA) is 56.8 Å². The number of hydrogen-bond donors (Lipinski definition) is 1. The molecule has 134 valence electrons. The maximum atomic E-state index is 12.0. The molecule has 0 atom stereocenters. The van der Waals surface area contributed by atoms with Crippen LogP contribution in [0.3, 0.4) is 0 Å². The van der Waals surface area contributed by atoms with Gasteiger partial charge in [-0.3, -0.25) is 4.79 Å². The smallest absolute Gasteiger partial charge is 0.220 e. The predicted octanol–water partition coefficient (Wildman–Crippen LogP) is 3.00. The Morgan fingerprint density at radius 2 is 1.40 bits per heavy atom. The highest BCUT2D eigenvalue weighted by atomic mass is 16.5. The van der Waals surface area contributed by atoms with E-state index in [4.69, 9.17) is 14.2 Å². The fourth-order valence-corrected chi connectivity index (χ4v) is 2.50. The van der Waals surface area contributed by atoms with Gasteiger partial charge in [0.2, 0.25) is 5.91 Å². The van der Waals surface area contributed by atoms with Crippen molar-refractivity contribution in [2.75, 3.05) is 27.9 Å². The van der Waals surface area contributed by atoms with Crippen LogP contribution >= 0.6 is 0 Å². The normalized spacial score (nSPS) is 10.2.